The molecule has 0 aliphatic carbocycles. The number of carbonyl (C=O) groups is 1. The van der Waals surface area contributed by atoms with Crippen molar-refractivity contribution in [3.8, 4) is 17.1 Å². The second kappa shape index (κ2) is 9.36. The maximum absolute atomic E-state index is 12.2. The molecule has 31 heavy (non-hydrogen) atoms. The Morgan fingerprint density at radius 3 is 2.35 bits per heavy atom. The van der Waals surface area contributed by atoms with Gasteiger partial charge in [0.25, 0.3) is 0 Å². The molecule has 0 saturated carbocycles. The van der Waals surface area contributed by atoms with Gasteiger partial charge >= 0.3 is 6.03 Å². The summed E-state index contributed by atoms with van der Waals surface area (Å²) in [6.45, 7) is 0. The summed E-state index contributed by atoms with van der Waals surface area (Å²) in [6.07, 6.45) is 1.44. The number of aromatic nitrogens is 3. The van der Waals surface area contributed by atoms with E-state index in [0.29, 0.717) is 28.9 Å². The molecular formula is C23H20N6O2. The molecule has 0 bridgehead atoms. The highest BCUT2D eigenvalue weighted by Gasteiger charge is 2.10. The summed E-state index contributed by atoms with van der Waals surface area (Å²) in [5.41, 5.74) is 2.82. The van der Waals surface area contributed by atoms with Crippen LogP contribution in [0.4, 0.5) is 27.8 Å². The lowest BCUT2D eigenvalue weighted by molar-refractivity contribution is 0.262. The number of benzene rings is 3. The lowest BCUT2D eigenvalue weighted by Gasteiger charge is -2.11. The van der Waals surface area contributed by atoms with Crippen LogP contribution in [0.1, 0.15) is 0 Å². The normalized spacial score (nSPS) is 10.2. The Morgan fingerprint density at radius 2 is 1.52 bits per heavy atom. The predicted octanol–water partition coefficient (Wildman–Crippen LogP) is 4.93. The molecule has 0 spiro atoms. The van der Waals surface area contributed by atoms with Gasteiger partial charge in [0.05, 0.1) is 12.7 Å². The first-order chi connectivity index (χ1) is 15.2. The summed E-state index contributed by atoms with van der Waals surface area (Å²) in [4.78, 5) is 25.1. The average molecular weight is 412 g/mol. The summed E-state index contributed by atoms with van der Waals surface area (Å²) in [5, 5.41) is 8.73. The summed E-state index contributed by atoms with van der Waals surface area (Å²) in [7, 11) is 1.60. The van der Waals surface area contributed by atoms with Crippen LogP contribution in [0.2, 0.25) is 0 Å². The Hall–Kier alpha value is -4.46. The Kier molecular flexibility index (Phi) is 5.99. The van der Waals surface area contributed by atoms with Gasteiger partial charge in [0.2, 0.25) is 5.95 Å². The molecule has 4 aromatic rings. The minimum absolute atomic E-state index is 0.332. The lowest BCUT2D eigenvalue weighted by Crippen LogP contribution is -2.19. The number of hydrogen-bond acceptors (Lipinski definition) is 6. The third-order valence-electron chi connectivity index (χ3n) is 4.33. The van der Waals surface area contributed by atoms with Crippen LogP contribution in [0.15, 0.2) is 85.2 Å². The summed E-state index contributed by atoms with van der Waals surface area (Å²) in [6, 6.07) is 23.7. The Balaban J connectivity index is 1.47. The van der Waals surface area contributed by atoms with E-state index >= 15 is 0 Å². The molecule has 1 heterocycles. The number of nitrogens with zero attached hydrogens (tertiary/aromatic N) is 3. The van der Waals surface area contributed by atoms with E-state index in [1.165, 1.54) is 6.33 Å². The zero-order valence-electron chi connectivity index (χ0n) is 16.7. The molecule has 8 heteroatoms. The molecular weight excluding hydrogens is 392 g/mol. The van der Waals surface area contributed by atoms with Crippen molar-refractivity contribution in [3.05, 3.63) is 85.2 Å². The van der Waals surface area contributed by atoms with Gasteiger partial charge in [-0.25, -0.2) is 14.8 Å². The summed E-state index contributed by atoms with van der Waals surface area (Å²) >= 11 is 0. The van der Waals surface area contributed by atoms with E-state index in [0.717, 1.165) is 11.3 Å². The van der Waals surface area contributed by atoms with Crippen molar-refractivity contribution in [3.63, 3.8) is 0 Å². The predicted molar refractivity (Wildman–Crippen MR) is 121 cm³/mol. The van der Waals surface area contributed by atoms with Crippen LogP contribution in [-0.4, -0.2) is 28.1 Å². The molecule has 1 aromatic heterocycles. The van der Waals surface area contributed by atoms with Crippen LogP contribution < -0.4 is 20.7 Å². The zero-order valence-corrected chi connectivity index (χ0v) is 16.7. The monoisotopic (exact) mass is 412 g/mol. The number of carbonyl (C=O) groups excluding carboxylic acids is 1. The highest BCUT2D eigenvalue weighted by Crippen LogP contribution is 2.27. The largest absolute Gasteiger partial charge is 0.496 e. The van der Waals surface area contributed by atoms with Gasteiger partial charge in [-0.2, -0.15) is 4.98 Å². The van der Waals surface area contributed by atoms with E-state index in [1.54, 1.807) is 19.2 Å². The quantitative estimate of drug-likeness (QED) is 0.415. The van der Waals surface area contributed by atoms with E-state index in [4.69, 9.17) is 4.74 Å². The molecule has 0 fully saturated rings. The highest BCUT2D eigenvalue weighted by atomic mass is 16.5. The molecule has 0 atom stereocenters. The SMILES string of the molecule is COc1ccccc1-c1ncnc(Nc2cccc(NC(=O)Nc3ccccc3)c2)n1. The molecule has 0 saturated heterocycles. The molecule has 4 rings (SSSR count). The molecule has 8 nitrogen and oxygen atoms in total. The van der Waals surface area contributed by atoms with E-state index in [2.05, 4.69) is 30.9 Å². The fourth-order valence-electron chi connectivity index (χ4n) is 2.93. The van der Waals surface area contributed by atoms with Crippen LogP contribution in [-0.2, 0) is 0 Å². The fraction of sp³-hybridized carbons (Fsp3) is 0.0435. The number of amides is 2. The molecule has 0 aliphatic rings. The van der Waals surface area contributed by atoms with Crippen LogP contribution in [0, 0.1) is 0 Å². The van der Waals surface area contributed by atoms with Gasteiger partial charge in [-0.3, -0.25) is 0 Å². The third-order valence-corrected chi connectivity index (χ3v) is 4.33. The smallest absolute Gasteiger partial charge is 0.323 e. The lowest BCUT2D eigenvalue weighted by atomic mass is 10.2. The molecule has 3 N–H and O–H groups in total. The topological polar surface area (TPSA) is 101 Å². The van der Waals surface area contributed by atoms with Crippen LogP contribution >= 0.6 is 0 Å². The standard InChI is InChI=1S/C23H20N6O2/c1-31-20-13-6-5-12-19(20)21-24-15-25-22(29-21)26-17-10-7-11-18(14-17)28-23(30)27-16-8-3-2-4-9-16/h2-15H,1H3,(H2,27,28,30)(H,24,25,26,29). The van der Waals surface area contributed by atoms with Gasteiger partial charge in [-0.1, -0.05) is 36.4 Å². The van der Waals surface area contributed by atoms with Crippen molar-refractivity contribution in [1.82, 2.24) is 15.0 Å². The Morgan fingerprint density at radius 1 is 0.806 bits per heavy atom. The number of ether oxygens (including phenoxy) is 1. The van der Waals surface area contributed by atoms with Crippen molar-refractivity contribution < 1.29 is 9.53 Å². The van der Waals surface area contributed by atoms with Crippen molar-refractivity contribution in [2.24, 2.45) is 0 Å². The molecule has 154 valence electrons. The van der Waals surface area contributed by atoms with Crippen LogP contribution in [0.3, 0.4) is 0 Å². The maximum atomic E-state index is 12.2. The fourth-order valence-corrected chi connectivity index (χ4v) is 2.93. The van der Waals surface area contributed by atoms with E-state index in [1.807, 2.05) is 66.7 Å². The van der Waals surface area contributed by atoms with Crippen molar-refractivity contribution >= 4 is 29.0 Å². The van der Waals surface area contributed by atoms with Gasteiger partial charge < -0.3 is 20.7 Å². The van der Waals surface area contributed by atoms with E-state index < -0.39 is 0 Å². The number of rotatable bonds is 6. The zero-order chi connectivity index (χ0) is 21.5. The van der Waals surface area contributed by atoms with Crippen LogP contribution in [0.25, 0.3) is 11.4 Å². The first-order valence-electron chi connectivity index (χ1n) is 9.54. The molecule has 2 amide bonds. The first kappa shape index (κ1) is 19.8. The van der Waals surface area contributed by atoms with E-state index in [-0.39, 0.29) is 6.03 Å². The number of anilines is 4. The summed E-state index contributed by atoms with van der Waals surface area (Å²) < 4.78 is 5.39. The second-order valence-corrected chi connectivity index (χ2v) is 6.48. The van der Waals surface area contributed by atoms with Crippen molar-refractivity contribution in [2.45, 2.75) is 0 Å². The number of hydrogen-bond donors (Lipinski definition) is 3. The highest BCUT2D eigenvalue weighted by molar-refractivity contribution is 6.00. The maximum Gasteiger partial charge on any atom is 0.323 e. The van der Waals surface area contributed by atoms with Gasteiger partial charge in [0, 0.05) is 17.1 Å². The first-order valence-corrected chi connectivity index (χ1v) is 9.54. The average Bonchev–Trinajstić information content (AvgIpc) is 2.80. The Bertz CT molecular complexity index is 1180. The number of urea groups is 1. The van der Waals surface area contributed by atoms with Gasteiger partial charge in [-0.05, 0) is 42.5 Å². The molecule has 0 aliphatic heterocycles. The number of para-hydroxylation sites is 2. The van der Waals surface area contributed by atoms with Gasteiger partial charge in [0.15, 0.2) is 5.82 Å². The minimum atomic E-state index is -0.332. The number of methoxy groups -OCH3 is 1. The van der Waals surface area contributed by atoms with Gasteiger partial charge in [-0.15, -0.1) is 0 Å². The van der Waals surface area contributed by atoms with Gasteiger partial charge in [0.1, 0.15) is 12.1 Å². The second-order valence-electron chi connectivity index (χ2n) is 6.48. The number of nitrogens with one attached hydrogen (secondary N) is 3. The minimum Gasteiger partial charge on any atom is -0.496 e. The molecule has 0 unspecified atom stereocenters. The third kappa shape index (κ3) is 5.13. The molecule has 0 radical (unpaired) electrons. The van der Waals surface area contributed by atoms with Crippen molar-refractivity contribution in [2.75, 3.05) is 23.1 Å². The molecule has 3 aromatic carbocycles. The summed E-state index contributed by atoms with van der Waals surface area (Å²) in [5.74, 6) is 1.54. The Labute approximate surface area is 179 Å². The van der Waals surface area contributed by atoms with E-state index in [9.17, 15) is 4.79 Å². The van der Waals surface area contributed by atoms with Crippen LogP contribution in [0.5, 0.6) is 5.75 Å². The van der Waals surface area contributed by atoms with Crippen molar-refractivity contribution in [1.29, 1.82) is 0 Å².